The third-order valence-electron chi connectivity index (χ3n) is 7.92. The van der Waals surface area contributed by atoms with E-state index in [1.54, 1.807) is 5.56 Å². The number of amides is 3. The van der Waals surface area contributed by atoms with Crippen molar-refractivity contribution in [1.29, 1.82) is 0 Å². The van der Waals surface area contributed by atoms with E-state index in [9.17, 15) is 18.9 Å². The summed E-state index contributed by atoms with van der Waals surface area (Å²) in [7, 11) is 0. The minimum Gasteiger partial charge on any atom is -0.322 e. The smallest absolute Gasteiger partial charge is 0.255 e. The van der Waals surface area contributed by atoms with E-state index < -0.39 is 11.9 Å². The van der Waals surface area contributed by atoms with E-state index in [1.807, 2.05) is 0 Å². The van der Waals surface area contributed by atoms with Gasteiger partial charge in [0.2, 0.25) is 11.8 Å². The maximum Gasteiger partial charge on any atom is 0.255 e. The summed E-state index contributed by atoms with van der Waals surface area (Å²) in [4.78, 5) is 42.9. The summed E-state index contributed by atoms with van der Waals surface area (Å²) in [5, 5.41) is 2.22. The van der Waals surface area contributed by atoms with E-state index in [0.29, 0.717) is 17.5 Å². The fourth-order valence-electron chi connectivity index (χ4n) is 5.98. The molecule has 2 atom stereocenters. The predicted octanol–water partition coefficient (Wildman–Crippen LogP) is 4.13. The molecule has 2 aromatic rings. The highest BCUT2D eigenvalue weighted by atomic mass is 19.3. The van der Waals surface area contributed by atoms with Crippen LogP contribution in [0.2, 0.25) is 0 Å². The van der Waals surface area contributed by atoms with Gasteiger partial charge in [0.05, 0.1) is 0 Å². The molecule has 3 fully saturated rings. The number of hydrogen-bond donors (Lipinski definition) is 1. The first-order valence-corrected chi connectivity index (χ1v) is 12.9. The number of likely N-dealkylation sites (tertiary alicyclic amines) is 1. The maximum atomic E-state index is 12.2. The number of nitrogens with one attached hydrogen (secondary N) is 1. The highest BCUT2D eigenvalue weighted by Crippen LogP contribution is 2.33. The van der Waals surface area contributed by atoms with Crippen LogP contribution in [0.4, 0.5) is 4.53 Å². The van der Waals surface area contributed by atoms with E-state index >= 15 is 0 Å². The van der Waals surface area contributed by atoms with Gasteiger partial charge in [-0.05, 0) is 67.5 Å². The Balaban J connectivity index is 0.000000152. The van der Waals surface area contributed by atoms with Crippen molar-refractivity contribution >= 4 is 17.7 Å². The third-order valence-corrected chi connectivity index (χ3v) is 7.92. The third kappa shape index (κ3) is 5.14. The lowest BCUT2D eigenvalue weighted by atomic mass is 9.99. The number of hydrogen-bond acceptors (Lipinski definition) is 5. The van der Waals surface area contributed by atoms with Crippen molar-refractivity contribution in [1.82, 2.24) is 15.1 Å². The Morgan fingerprint density at radius 3 is 2.44 bits per heavy atom. The van der Waals surface area contributed by atoms with Crippen LogP contribution in [0.1, 0.15) is 72.3 Å². The van der Waals surface area contributed by atoms with Crippen LogP contribution < -0.4 is 10.3 Å². The van der Waals surface area contributed by atoms with Crippen molar-refractivity contribution in [3.05, 3.63) is 65.2 Å². The van der Waals surface area contributed by atoms with E-state index in [0.717, 1.165) is 12.0 Å². The molecular weight excluding hydrogens is 461 g/mol. The lowest BCUT2D eigenvalue weighted by Crippen LogP contribution is -2.52. The molecule has 2 aromatic carbocycles. The van der Waals surface area contributed by atoms with Crippen LogP contribution >= 0.6 is 0 Å². The molecule has 2 saturated heterocycles. The van der Waals surface area contributed by atoms with Gasteiger partial charge in [0.25, 0.3) is 5.91 Å². The second-order valence-electron chi connectivity index (χ2n) is 10.1. The number of carbonyl (C=O) groups excluding carboxylic acids is 3. The fraction of sp³-hybridized carbons (Fsp3) is 0.464. The summed E-state index contributed by atoms with van der Waals surface area (Å²) in [6.07, 6.45) is 7.67. The fourth-order valence-corrected chi connectivity index (χ4v) is 5.98. The van der Waals surface area contributed by atoms with E-state index in [1.165, 1.54) is 68.3 Å². The van der Waals surface area contributed by atoms with Gasteiger partial charge in [-0.3, -0.25) is 29.5 Å². The van der Waals surface area contributed by atoms with Crippen LogP contribution in [0.15, 0.2) is 48.5 Å². The molecule has 0 radical (unpaired) electrons. The van der Waals surface area contributed by atoms with E-state index in [2.05, 4.69) is 45.5 Å². The summed E-state index contributed by atoms with van der Waals surface area (Å²) in [6, 6.07) is 15.6. The topological polar surface area (TPSA) is 78.9 Å². The predicted molar refractivity (Wildman–Crippen MR) is 132 cm³/mol. The number of nitrogens with zero attached hydrogens (tertiary/aromatic N) is 2. The highest BCUT2D eigenvalue weighted by Gasteiger charge is 2.39. The zero-order chi connectivity index (χ0) is 25.1. The Kier molecular flexibility index (Phi) is 7.32. The number of imide groups is 1. The number of carbonyl (C=O) groups is 3. The van der Waals surface area contributed by atoms with Gasteiger partial charge in [0, 0.05) is 35.6 Å². The van der Waals surface area contributed by atoms with Crippen molar-refractivity contribution < 1.29 is 23.9 Å². The molecule has 0 aromatic heterocycles. The van der Waals surface area contributed by atoms with Gasteiger partial charge < -0.3 is 4.90 Å². The van der Waals surface area contributed by atoms with Crippen molar-refractivity contribution in [3.63, 3.8) is 0 Å². The van der Waals surface area contributed by atoms with Crippen molar-refractivity contribution in [2.24, 2.45) is 0 Å². The highest BCUT2D eigenvalue weighted by molar-refractivity contribution is 6.05. The van der Waals surface area contributed by atoms with Gasteiger partial charge in [-0.1, -0.05) is 43.2 Å². The van der Waals surface area contributed by atoms with E-state index in [-0.39, 0.29) is 30.5 Å². The van der Waals surface area contributed by atoms with Gasteiger partial charge in [0.1, 0.15) is 6.04 Å². The maximum absolute atomic E-state index is 12.2. The quantitative estimate of drug-likeness (QED) is 0.648. The van der Waals surface area contributed by atoms with Crippen LogP contribution in [0.5, 0.6) is 5.75 Å². The van der Waals surface area contributed by atoms with Crippen molar-refractivity contribution in [2.45, 2.75) is 69.5 Å². The number of rotatable bonds is 4. The van der Waals surface area contributed by atoms with Crippen LogP contribution in [0.25, 0.3) is 0 Å². The van der Waals surface area contributed by atoms with Crippen molar-refractivity contribution in [3.8, 4) is 5.75 Å². The van der Waals surface area contributed by atoms with Gasteiger partial charge in [-0.2, -0.15) is 0 Å². The molecule has 8 heteroatoms. The molecule has 0 spiro atoms. The standard InChI is InChI=1S/C15H21N.C13H11FN2O4/c1-2-6-13(7-3-1)14-10-11-16(12-14)15-8-4-5-9-15;14-20-8-1-2-9-7(5-8)6-16(13(9)19)10-3-4-11(17)15-12(10)18/h1-3,6-7,14-15H,4-5,8-12H2;1-2,5,10H,3-4,6H2,(H,15,17,18). The summed E-state index contributed by atoms with van der Waals surface area (Å²) in [5.41, 5.74) is 2.58. The Hall–Kier alpha value is -3.26. The molecular formula is C28H32FN3O4. The number of piperidine rings is 1. The first kappa shape index (κ1) is 24.4. The Bertz CT molecular complexity index is 1120. The van der Waals surface area contributed by atoms with Crippen LogP contribution in [-0.4, -0.2) is 52.7 Å². The normalized spacial score (nSPS) is 24.4. The Morgan fingerprint density at radius 2 is 1.72 bits per heavy atom. The molecule has 1 N–H and O–H groups in total. The van der Waals surface area contributed by atoms with Crippen molar-refractivity contribution in [2.75, 3.05) is 13.1 Å². The summed E-state index contributed by atoms with van der Waals surface area (Å²) >= 11 is 0. The zero-order valence-electron chi connectivity index (χ0n) is 20.3. The second-order valence-corrected chi connectivity index (χ2v) is 10.1. The molecule has 0 bridgehead atoms. The molecule has 1 aliphatic carbocycles. The molecule has 4 aliphatic rings. The molecule has 190 valence electrons. The largest absolute Gasteiger partial charge is 0.322 e. The monoisotopic (exact) mass is 493 g/mol. The molecule has 2 unspecified atom stereocenters. The molecule has 3 heterocycles. The lowest BCUT2D eigenvalue weighted by molar-refractivity contribution is -0.136. The van der Waals surface area contributed by atoms with E-state index in [4.69, 9.17) is 0 Å². The molecule has 7 nitrogen and oxygen atoms in total. The second kappa shape index (κ2) is 10.8. The first-order chi connectivity index (χ1) is 17.5. The van der Waals surface area contributed by atoms with Gasteiger partial charge in [-0.15, -0.1) is 0 Å². The van der Waals surface area contributed by atoms with Gasteiger partial charge in [0.15, 0.2) is 5.75 Å². The Labute approximate surface area is 210 Å². The van der Waals surface area contributed by atoms with Gasteiger partial charge >= 0.3 is 0 Å². The van der Waals surface area contributed by atoms with Gasteiger partial charge in [-0.25, -0.2) is 0 Å². The average molecular weight is 494 g/mol. The summed E-state index contributed by atoms with van der Waals surface area (Å²) in [6.45, 7) is 2.83. The minimum atomic E-state index is -0.664. The SMILES string of the molecule is O=C1CCC(N2Cc3cc(OF)ccc3C2=O)C(=O)N1.c1ccc(C2CCN(C3CCCC3)C2)cc1. The lowest BCUT2D eigenvalue weighted by Gasteiger charge is -2.29. The van der Waals surface area contributed by atoms with Crippen LogP contribution in [0.3, 0.4) is 0 Å². The molecule has 6 rings (SSSR count). The number of fused-ring (bicyclic) bond motifs is 1. The summed E-state index contributed by atoms with van der Waals surface area (Å²) < 4.78 is 12.1. The average Bonchev–Trinajstić information content (AvgIpc) is 3.66. The number of benzene rings is 2. The molecule has 1 saturated carbocycles. The molecule has 36 heavy (non-hydrogen) atoms. The number of halogens is 1. The minimum absolute atomic E-state index is 0.0154. The van der Waals surface area contributed by atoms with Crippen LogP contribution in [0, 0.1) is 0 Å². The van der Waals surface area contributed by atoms with Crippen LogP contribution in [-0.2, 0) is 16.1 Å². The molecule has 3 aliphatic heterocycles. The summed E-state index contributed by atoms with van der Waals surface area (Å²) in [5.74, 6) is -0.281. The zero-order valence-corrected chi connectivity index (χ0v) is 20.3. The molecule has 3 amide bonds. The first-order valence-electron chi connectivity index (χ1n) is 12.9. The Morgan fingerprint density at radius 1 is 0.944 bits per heavy atom.